The van der Waals surface area contributed by atoms with Crippen LogP contribution in [0.15, 0.2) is 30.3 Å². The molecule has 0 radical (unpaired) electrons. The predicted octanol–water partition coefficient (Wildman–Crippen LogP) is 0.706. The average Bonchev–Trinajstić information content (AvgIpc) is 2.88. The van der Waals surface area contributed by atoms with E-state index in [0.717, 1.165) is 6.54 Å². The SMILES string of the molecule is COC(=O)C12CN(Cc3ccccc3)CC1CS(=O)(=O)C2. The van der Waals surface area contributed by atoms with Gasteiger partial charge in [0.2, 0.25) is 0 Å². The number of nitrogens with zero attached hydrogens (tertiary/aromatic N) is 1. The number of likely N-dealkylation sites (tertiary alicyclic amines) is 1. The number of methoxy groups -OCH3 is 1. The van der Waals surface area contributed by atoms with Crippen LogP contribution < -0.4 is 0 Å². The monoisotopic (exact) mass is 309 g/mol. The largest absolute Gasteiger partial charge is 0.469 e. The Labute approximate surface area is 124 Å². The molecule has 2 heterocycles. The normalized spacial score (nSPS) is 31.0. The second-order valence-electron chi connectivity index (χ2n) is 6.05. The summed E-state index contributed by atoms with van der Waals surface area (Å²) in [4.78, 5) is 14.3. The van der Waals surface area contributed by atoms with Gasteiger partial charge in [-0.1, -0.05) is 30.3 Å². The highest BCUT2D eigenvalue weighted by molar-refractivity contribution is 7.91. The van der Waals surface area contributed by atoms with E-state index in [1.807, 2.05) is 30.3 Å². The Kier molecular flexibility index (Phi) is 3.53. The van der Waals surface area contributed by atoms with Crippen LogP contribution in [-0.4, -0.2) is 51.0 Å². The number of sulfone groups is 1. The van der Waals surface area contributed by atoms with E-state index in [0.29, 0.717) is 13.1 Å². The molecular weight excluding hydrogens is 290 g/mol. The molecule has 0 spiro atoms. The first-order chi connectivity index (χ1) is 9.95. The molecule has 3 rings (SSSR count). The van der Waals surface area contributed by atoms with Crippen LogP contribution in [0.4, 0.5) is 0 Å². The summed E-state index contributed by atoms with van der Waals surface area (Å²) in [5, 5.41) is 0. The van der Waals surface area contributed by atoms with Crippen LogP contribution in [0.5, 0.6) is 0 Å². The van der Waals surface area contributed by atoms with E-state index in [2.05, 4.69) is 4.90 Å². The lowest BCUT2D eigenvalue weighted by Gasteiger charge is -2.24. The van der Waals surface area contributed by atoms with E-state index in [4.69, 9.17) is 4.74 Å². The standard InChI is InChI=1S/C15H19NO4S/c1-20-14(17)15-10-16(7-12-5-3-2-4-6-12)8-13(15)9-21(18,19)11-15/h2-6,13H,7-11H2,1H3. The van der Waals surface area contributed by atoms with Gasteiger partial charge in [0.25, 0.3) is 0 Å². The molecule has 1 aromatic carbocycles. The zero-order chi connectivity index (χ0) is 15.1. The van der Waals surface area contributed by atoms with Crippen LogP contribution in [-0.2, 0) is 25.9 Å². The third-order valence-corrected chi connectivity index (χ3v) is 6.40. The number of carbonyl (C=O) groups excluding carboxylic acids is 1. The number of hydrogen-bond donors (Lipinski definition) is 0. The predicted molar refractivity (Wildman–Crippen MR) is 78.3 cm³/mol. The van der Waals surface area contributed by atoms with Crippen LogP contribution in [0, 0.1) is 11.3 Å². The highest BCUT2D eigenvalue weighted by Crippen LogP contribution is 2.45. The van der Waals surface area contributed by atoms with Gasteiger partial charge in [0.1, 0.15) is 0 Å². The molecule has 0 amide bonds. The second-order valence-corrected chi connectivity index (χ2v) is 8.16. The van der Waals surface area contributed by atoms with Crippen molar-refractivity contribution in [1.29, 1.82) is 0 Å². The number of rotatable bonds is 3. The Morgan fingerprint density at radius 1 is 1.38 bits per heavy atom. The summed E-state index contributed by atoms with van der Waals surface area (Å²) in [5.74, 6) is -0.529. The summed E-state index contributed by atoms with van der Waals surface area (Å²) < 4.78 is 28.7. The Hall–Kier alpha value is -1.40. The first-order valence-corrected chi connectivity index (χ1v) is 8.82. The number of benzene rings is 1. The molecule has 5 nitrogen and oxygen atoms in total. The minimum absolute atomic E-state index is 0.0807. The molecule has 2 saturated heterocycles. The number of fused-ring (bicyclic) bond motifs is 1. The summed E-state index contributed by atoms with van der Waals surface area (Å²) in [6.45, 7) is 1.82. The van der Waals surface area contributed by atoms with Crippen LogP contribution in [0.2, 0.25) is 0 Å². The highest BCUT2D eigenvalue weighted by Gasteiger charge is 2.60. The van der Waals surface area contributed by atoms with Crippen molar-refractivity contribution < 1.29 is 17.9 Å². The van der Waals surface area contributed by atoms with E-state index in [-0.39, 0.29) is 23.4 Å². The Bertz CT molecular complexity index is 643. The van der Waals surface area contributed by atoms with Crippen LogP contribution in [0.3, 0.4) is 0 Å². The molecule has 6 heteroatoms. The number of esters is 1. The first kappa shape index (κ1) is 14.5. The maximum atomic E-state index is 12.2. The van der Waals surface area contributed by atoms with Crippen LogP contribution >= 0.6 is 0 Å². The molecule has 2 atom stereocenters. The van der Waals surface area contributed by atoms with Crippen molar-refractivity contribution in [3.8, 4) is 0 Å². The van der Waals surface area contributed by atoms with E-state index in [1.165, 1.54) is 12.7 Å². The zero-order valence-corrected chi connectivity index (χ0v) is 12.8. The molecule has 0 aliphatic carbocycles. The third-order valence-electron chi connectivity index (χ3n) is 4.54. The van der Waals surface area contributed by atoms with Crippen molar-refractivity contribution in [2.24, 2.45) is 11.3 Å². The fourth-order valence-electron chi connectivity index (χ4n) is 3.67. The lowest BCUT2D eigenvalue weighted by atomic mass is 9.81. The maximum absolute atomic E-state index is 12.2. The quantitative estimate of drug-likeness (QED) is 0.769. The molecule has 0 bridgehead atoms. The van der Waals surface area contributed by atoms with Gasteiger partial charge in [0.15, 0.2) is 9.84 Å². The minimum atomic E-state index is -3.14. The van der Waals surface area contributed by atoms with E-state index < -0.39 is 15.3 Å². The van der Waals surface area contributed by atoms with E-state index >= 15 is 0 Å². The van der Waals surface area contributed by atoms with E-state index in [9.17, 15) is 13.2 Å². The lowest BCUT2D eigenvalue weighted by Crippen LogP contribution is -2.40. The molecule has 0 saturated carbocycles. The van der Waals surface area contributed by atoms with Gasteiger partial charge in [-0.3, -0.25) is 9.69 Å². The van der Waals surface area contributed by atoms with Crippen molar-refractivity contribution >= 4 is 15.8 Å². The van der Waals surface area contributed by atoms with Crippen molar-refractivity contribution in [3.05, 3.63) is 35.9 Å². The van der Waals surface area contributed by atoms with Crippen molar-refractivity contribution in [2.75, 3.05) is 31.7 Å². The summed E-state index contributed by atoms with van der Waals surface area (Å²) >= 11 is 0. The van der Waals surface area contributed by atoms with E-state index in [1.54, 1.807) is 0 Å². The topological polar surface area (TPSA) is 63.7 Å². The molecule has 2 unspecified atom stereocenters. The van der Waals surface area contributed by atoms with Gasteiger partial charge in [-0.05, 0) is 5.56 Å². The van der Waals surface area contributed by atoms with Gasteiger partial charge in [0, 0.05) is 25.6 Å². The third kappa shape index (κ3) is 2.58. The van der Waals surface area contributed by atoms with Crippen LogP contribution in [0.1, 0.15) is 5.56 Å². The molecule has 2 fully saturated rings. The molecule has 114 valence electrons. The molecular formula is C15H19NO4S. The fraction of sp³-hybridized carbons (Fsp3) is 0.533. The van der Waals surface area contributed by atoms with Gasteiger partial charge in [-0.15, -0.1) is 0 Å². The molecule has 21 heavy (non-hydrogen) atoms. The van der Waals surface area contributed by atoms with Crippen molar-refractivity contribution in [3.63, 3.8) is 0 Å². The molecule has 0 aromatic heterocycles. The molecule has 2 aliphatic heterocycles. The Morgan fingerprint density at radius 2 is 2.10 bits per heavy atom. The summed E-state index contributed by atoms with van der Waals surface area (Å²) in [5.41, 5.74) is 0.294. The van der Waals surface area contributed by atoms with Gasteiger partial charge >= 0.3 is 5.97 Å². The maximum Gasteiger partial charge on any atom is 0.314 e. The van der Waals surface area contributed by atoms with Crippen LogP contribution in [0.25, 0.3) is 0 Å². The molecule has 1 aromatic rings. The average molecular weight is 309 g/mol. The zero-order valence-electron chi connectivity index (χ0n) is 12.0. The van der Waals surface area contributed by atoms with Gasteiger partial charge in [0.05, 0.1) is 24.0 Å². The second kappa shape index (κ2) is 5.10. The molecule has 2 aliphatic rings. The summed E-state index contributed by atoms with van der Waals surface area (Å²) in [6.07, 6.45) is 0. The summed E-state index contributed by atoms with van der Waals surface area (Å²) in [7, 11) is -1.81. The lowest BCUT2D eigenvalue weighted by molar-refractivity contribution is -0.152. The summed E-state index contributed by atoms with van der Waals surface area (Å²) in [6, 6.07) is 10.00. The number of hydrogen-bond acceptors (Lipinski definition) is 5. The highest BCUT2D eigenvalue weighted by atomic mass is 32.2. The number of ether oxygens (including phenoxy) is 1. The fourth-order valence-corrected chi connectivity index (χ4v) is 6.05. The number of carbonyl (C=O) groups is 1. The van der Waals surface area contributed by atoms with Gasteiger partial charge in [-0.25, -0.2) is 8.42 Å². The first-order valence-electron chi connectivity index (χ1n) is 7.00. The molecule has 0 N–H and O–H groups in total. The Balaban J connectivity index is 1.81. The van der Waals surface area contributed by atoms with Gasteiger partial charge in [-0.2, -0.15) is 0 Å². The Morgan fingerprint density at radius 3 is 2.76 bits per heavy atom. The van der Waals surface area contributed by atoms with Crippen molar-refractivity contribution in [2.45, 2.75) is 6.54 Å². The van der Waals surface area contributed by atoms with Gasteiger partial charge < -0.3 is 4.74 Å². The smallest absolute Gasteiger partial charge is 0.314 e. The minimum Gasteiger partial charge on any atom is -0.469 e. The van der Waals surface area contributed by atoms with Crippen molar-refractivity contribution in [1.82, 2.24) is 4.90 Å².